The summed E-state index contributed by atoms with van der Waals surface area (Å²) < 4.78 is 5.71. The molecule has 0 aromatic heterocycles. The Bertz CT molecular complexity index is 565. The van der Waals surface area contributed by atoms with E-state index in [4.69, 9.17) is 10.00 Å². The molecule has 0 fully saturated rings. The Hall–Kier alpha value is -1.71. The normalized spacial score (nSPS) is 23.7. The van der Waals surface area contributed by atoms with Crippen LogP contribution >= 0.6 is 12.6 Å². The summed E-state index contributed by atoms with van der Waals surface area (Å²) >= 11 is 3.68. The van der Waals surface area contributed by atoms with E-state index in [9.17, 15) is 9.90 Å². The first kappa shape index (κ1) is 13.7. The minimum Gasteiger partial charge on any atom is -0.485 e. The molecule has 0 saturated heterocycles. The number of fused-ring (bicyclic) bond motifs is 1. The minimum atomic E-state index is -0.940. The van der Waals surface area contributed by atoms with Gasteiger partial charge in [0.1, 0.15) is 17.5 Å². The van der Waals surface area contributed by atoms with Gasteiger partial charge >= 0.3 is 0 Å². The molecule has 1 heterocycles. The fourth-order valence-corrected chi connectivity index (χ4v) is 2.30. The Morgan fingerprint density at radius 3 is 2.84 bits per heavy atom. The lowest BCUT2D eigenvalue weighted by atomic mass is 9.86. The Morgan fingerprint density at radius 1 is 1.58 bits per heavy atom. The molecule has 0 saturated carbocycles. The maximum absolute atomic E-state index is 11.2. The number of aliphatic hydroxyl groups is 1. The molecule has 0 bridgehead atoms. The van der Waals surface area contributed by atoms with E-state index in [2.05, 4.69) is 17.9 Å². The predicted octanol–water partition coefficient (Wildman–Crippen LogP) is 1.77. The van der Waals surface area contributed by atoms with Crippen LogP contribution in [-0.4, -0.2) is 22.1 Å². The van der Waals surface area contributed by atoms with E-state index in [1.807, 2.05) is 6.07 Å². The van der Waals surface area contributed by atoms with Gasteiger partial charge in [0.15, 0.2) is 0 Å². The largest absolute Gasteiger partial charge is 0.485 e. The Kier molecular flexibility index (Phi) is 3.43. The SMILES string of the molecule is CC1(C)Oc2ccc(C#N)cc2C(NC(=O)S)C1O. The van der Waals surface area contributed by atoms with Crippen molar-refractivity contribution in [2.24, 2.45) is 0 Å². The number of hydrogen-bond donors (Lipinski definition) is 3. The van der Waals surface area contributed by atoms with E-state index in [1.165, 1.54) is 0 Å². The number of carbonyl (C=O) groups excluding carboxylic acids is 1. The highest BCUT2D eigenvalue weighted by Crippen LogP contribution is 2.40. The van der Waals surface area contributed by atoms with Crippen molar-refractivity contribution in [1.29, 1.82) is 5.26 Å². The van der Waals surface area contributed by atoms with E-state index >= 15 is 0 Å². The molecule has 2 rings (SSSR count). The van der Waals surface area contributed by atoms with Gasteiger partial charge in [-0.2, -0.15) is 5.26 Å². The van der Waals surface area contributed by atoms with E-state index < -0.39 is 23.0 Å². The molecule has 0 spiro atoms. The highest BCUT2D eigenvalue weighted by atomic mass is 32.1. The van der Waals surface area contributed by atoms with Gasteiger partial charge in [0.2, 0.25) is 0 Å². The van der Waals surface area contributed by atoms with E-state index in [0.29, 0.717) is 16.9 Å². The highest BCUT2D eigenvalue weighted by molar-refractivity contribution is 7.96. The quantitative estimate of drug-likeness (QED) is 0.684. The van der Waals surface area contributed by atoms with Gasteiger partial charge in [-0.25, -0.2) is 0 Å². The lowest BCUT2D eigenvalue weighted by molar-refractivity contribution is -0.0616. The molecule has 1 aromatic rings. The maximum atomic E-state index is 11.2. The summed E-state index contributed by atoms with van der Waals surface area (Å²) in [6, 6.07) is 6.26. The number of thiol groups is 1. The minimum absolute atomic E-state index is 0.438. The highest BCUT2D eigenvalue weighted by Gasteiger charge is 2.43. The van der Waals surface area contributed by atoms with Crippen molar-refractivity contribution in [3.05, 3.63) is 29.3 Å². The first-order valence-electron chi connectivity index (χ1n) is 5.76. The van der Waals surface area contributed by atoms with Crippen molar-refractivity contribution in [2.45, 2.75) is 31.6 Å². The predicted molar refractivity (Wildman–Crippen MR) is 72.1 cm³/mol. The van der Waals surface area contributed by atoms with Gasteiger partial charge < -0.3 is 15.2 Å². The first-order chi connectivity index (χ1) is 8.85. The molecular weight excluding hydrogens is 264 g/mol. The number of nitriles is 1. The van der Waals surface area contributed by atoms with Crippen LogP contribution in [0, 0.1) is 11.3 Å². The van der Waals surface area contributed by atoms with Crippen LogP contribution < -0.4 is 10.1 Å². The zero-order valence-corrected chi connectivity index (χ0v) is 11.4. The number of aliphatic hydroxyl groups excluding tert-OH is 1. The molecule has 19 heavy (non-hydrogen) atoms. The summed E-state index contributed by atoms with van der Waals surface area (Å²) in [6.45, 7) is 3.47. The number of carbonyl (C=O) groups is 1. The maximum Gasteiger partial charge on any atom is 0.276 e. The smallest absolute Gasteiger partial charge is 0.276 e. The summed E-state index contributed by atoms with van der Waals surface area (Å²) in [6.07, 6.45) is -0.940. The van der Waals surface area contributed by atoms with Crippen molar-refractivity contribution in [1.82, 2.24) is 5.32 Å². The van der Waals surface area contributed by atoms with Crippen LogP contribution in [0.2, 0.25) is 0 Å². The van der Waals surface area contributed by atoms with Gasteiger partial charge in [0.05, 0.1) is 17.7 Å². The van der Waals surface area contributed by atoms with Gasteiger partial charge in [0.25, 0.3) is 5.24 Å². The summed E-state index contributed by atoms with van der Waals surface area (Å²) in [5, 5.41) is 21.3. The summed E-state index contributed by atoms with van der Waals surface area (Å²) in [4.78, 5) is 11.2. The van der Waals surface area contributed by atoms with Crippen molar-refractivity contribution in [3.63, 3.8) is 0 Å². The fraction of sp³-hybridized carbons (Fsp3) is 0.385. The molecule has 0 aliphatic carbocycles. The van der Waals surface area contributed by atoms with Gasteiger partial charge in [-0.3, -0.25) is 4.79 Å². The van der Waals surface area contributed by atoms with E-state index in [1.54, 1.807) is 32.0 Å². The summed E-state index contributed by atoms with van der Waals surface area (Å²) in [5.74, 6) is 0.543. The number of hydrogen-bond acceptors (Lipinski definition) is 4. The van der Waals surface area contributed by atoms with Crippen LogP contribution in [0.5, 0.6) is 5.75 Å². The van der Waals surface area contributed by atoms with Crippen molar-refractivity contribution < 1.29 is 14.6 Å². The second-order valence-corrected chi connectivity index (χ2v) is 5.35. The molecule has 1 aromatic carbocycles. The topological polar surface area (TPSA) is 82.3 Å². The molecule has 2 atom stereocenters. The number of nitrogens with one attached hydrogen (secondary N) is 1. The van der Waals surface area contributed by atoms with Crippen LogP contribution in [0.4, 0.5) is 4.79 Å². The zero-order valence-electron chi connectivity index (χ0n) is 10.5. The number of benzene rings is 1. The molecule has 1 amide bonds. The molecule has 2 N–H and O–H groups in total. The molecule has 0 radical (unpaired) electrons. The molecule has 5 nitrogen and oxygen atoms in total. The molecular formula is C13H14N2O3S. The lowest BCUT2D eigenvalue weighted by Gasteiger charge is -2.42. The molecule has 1 aliphatic heterocycles. The van der Waals surface area contributed by atoms with E-state index in [0.717, 1.165) is 0 Å². The standard InChI is InChI=1S/C13H14N2O3S/c1-13(2)11(16)10(15-12(17)19)8-5-7(6-14)3-4-9(8)18-13/h3-5,10-11,16H,1-2H3,(H2,15,17,19). The van der Waals surface area contributed by atoms with Gasteiger partial charge in [-0.1, -0.05) is 12.6 Å². The zero-order chi connectivity index (χ0) is 14.2. The van der Waals surface area contributed by atoms with Crippen molar-refractivity contribution >= 4 is 17.9 Å². The number of amides is 1. The van der Waals surface area contributed by atoms with Crippen LogP contribution in [-0.2, 0) is 0 Å². The average Bonchev–Trinajstić information content (AvgIpc) is 2.34. The van der Waals surface area contributed by atoms with Gasteiger partial charge in [-0.15, -0.1) is 0 Å². The monoisotopic (exact) mass is 278 g/mol. The fourth-order valence-electron chi connectivity index (χ4n) is 2.16. The third-order valence-electron chi connectivity index (χ3n) is 3.15. The van der Waals surface area contributed by atoms with E-state index in [-0.39, 0.29) is 0 Å². The second-order valence-electron chi connectivity index (χ2n) is 4.94. The third kappa shape index (κ3) is 2.53. The Balaban J connectivity index is 2.52. The summed E-state index contributed by atoms with van der Waals surface area (Å²) in [7, 11) is 0. The van der Waals surface area contributed by atoms with Crippen LogP contribution in [0.15, 0.2) is 18.2 Å². The van der Waals surface area contributed by atoms with Gasteiger partial charge in [-0.05, 0) is 32.0 Å². The third-order valence-corrected chi connectivity index (χ3v) is 3.28. The second kappa shape index (κ2) is 4.76. The van der Waals surface area contributed by atoms with Crippen LogP contribution in [0.3, 0.4) is 0 Å². The number of ether oxygens (including phenoxy) is 1. The number of rotatable bonds is 1. The Morgan fingerprint density at radius 2 is 2.26 bits per heavy atom. The summed E-state index contributed by atoms with van der Waals surface area (Å²) in [5.41, 5.74) is 0.170. The first-order valence-corrected chi connectivity index (χ1v) is 6.20. The van der Waals surface area contributed by atoms with Crippen molar-refractivity contribution in [2.75, 3.05) is 0 Å². The molecule has 2 unspecified atom stereocenters. The number of nitrogens with zero attached hydrogens (tertiary/aromatic N) is 1. The average molecular weight is 278 g/mol. The Labute approximate surface area is 116 Å². The van der Waals surface area contributed by atoms with Crippen LogP contribution in [0.1, 0.15) is 31.0 Å². The molecule has 100 valence electrons. The van der Waals surface area contributed by atoms with Gasteiger partial charge in [0, 0.05) is 5.56 Å². The van der Waals surface area contributed by atoms with Crippen molar-refractivity contribution in [3.8, 4) is 11.8 Å². The molecule has 6 heteroatoms. The lowest BCUT2D eigenvalue weighted by Crippen LogP contribution is -2.53. The van der Waals surface area contributed by atoms with Crippen LogP contribution in [0.25, 0.3) is 0 Å². The molecule has 1 aliphatic rings.